The number of nitrogens with zero attached hydrogens (tertiary/aromatic N) is 2. The van der Waals surface area contributed by atoms with E-state index in [9.17, 15) is 0 Å². The number of hydrogen-bond donors (Lipinski definition) is 0. The molecule has 0 saturated heterocycles. The normalized spacial score (nSPS) is 11.6. The molecule has 2 nitrogen and oxygen atoms in total. The smallest absolute Gasteiger partial charge is 0.138 e. The zero-order valence-electron chi connectivity index (χ0n) is 23.8. The van der Waals surface area contributed by atoms with Gasteiger partial charge in [-0.1, -0.05) is 127 Å². The standard InChI is InChI=1S/C41H26N2S/c1-2-11-27(12-3-1)28-21-23-29(24-22-28)30-25-36(35-17-10-16-34-33-15-6-9-20-39(33)44-41(34)35)42-40(26-30)43-37-18-7-4-13-31(37)32-14-5-8-19-38(32)43/h1-26H. The molecule has 0 bridgehead atoms. The first-order valence-electron chi connectivity index (χ1n) is 14.9. The fraction of sp³-hybridized carbons (Fsp3) is 0. The third-order valence-corrected chi connectivity index (χ3v) is 9.85. The summed E-state index contributed by atoms with van der Waals surface area (Å²) < 4.78 is 4.89. The molecule has 0 spiro atoms. The Bertz CT molecular complexity index is 2430. The highest BCUT2D eigenvalue weighted by Crippen LogP contribution is 2.41. The number of rotatable bonds is 4. The Kier molecular flexibility index (Phi) is 5.71. The van der Waals surface area contributed by atoms with Crippen LogP contribution in [-0.2, 0) is 0 Å². The average molecular weight is 579 g/mol. The predicted octanol–water partition coefficient (Wildman–Crippen LogP) is 11.5. The van der Waals surface area contributed by atoms with Gasteiger partial charge in [-0.3, -0.25) is 4.57 Å². The summed E-state index contributed by atoms with van der Waals surface area (Å²) >= 11 is 1.85. The maximum atomic E-state index is 5.43. The van der Waals surface area contributed by atoms with Gasteiger partial charge in [0, 0.05) is 36.5 Å². The fourth-order valence-corrected chi connectivity index (χ4v) is 7.76. The van der Waals surface area contributed by atoms with Crippen LogP contribution in [0.15, 0.2) is 158 Å². The minimum Gasteiger partial charge on any atom is -0.294 e. The second-order valence-corrected chi connectivity index (χ2v) is 12.2. The summed E-state index contributed by atoms with van der Waals surface area (Å²) in [7, 11) is 0. The first kappa shape index (κ1) is 25.0. The minimum atomic E-state index is 0.917. The van der Waals surface area contributed by atoms with Crippen LogP contribution in [-0.4, -0.2) is 9.55 Å². The van der Waals surface area contributed by atoms with Gasteiger partial charge in [-0.15, -0.1) is 11.3 Å². The summed E-state index contributed by atoms with van der Waals surface area (Å²) in [6.45, 7) is 0. The lowest BCUT2D eigenvalue weighted by Gasteiger charge is -2.14. The highest BCUT2D eigenvalue weighted by molar-refractivity contribution is 7.26. The molecule has 0 aliphatic heterocycles. The van der Waals surface area contributed by atoms with E-state index in [1.165, 1.54) is 47.6 Å². The van der Waals surface area contributed by atoms with E-state index in [0.717, 1.165) is 33.7 Å². The number of fused-ring (bicyclic) bond motifs is 6. The van der Waals surface area contributed by atoms with E-state index in [1.807, 2.05) is 11.3 Å². The minimum absolute atomic E-state index is 0.917. The van der Waals surface area contributed by atoms with Crippen molar-refractivity contribution in [1.29, 1.82) is 0 Å². The molecule has 0 aliphatic rings. The second kappa shape index (κ2) is 10.0. The van der Waals surface area contributed by atoms with Gasteiger partial charge in [0.2, 0.25) is 0 Å². The van der Waals surface area contributed by atoms with Crippen LogP contribution in [0.2, 0.25) is 0 Å². The van der Waals surface area contributed by atoms with Gasteiger partial charge in [-0.25, -0.2) is 4.98 Å². The first-order valence-corrected chi connectivity index (χ1v) is 15.7. The Morgan fingerprint density at radius 3 is 1.73 bits per heavy atom. The lowest BCUT2D eigenvalue weighted by Crippen LogP contribution is -2.00. The Morgan fingerprint density at radius 1 is 0.432 bits per heavy atom. The third-order valence-electron chi connectivity index (χ3n) is 8.63. The fourth-order valence-electron chi connectivity index (χ4n) is 6.54. The molecule has 0 unspecified atom stereocenters. The molecule has 0 radical (unpaired) electrons. The van der Waals surface area contributed by atoms with Crippen LogP contribution in [0.25, 0.3) is 81.3 Å². The molecule has 9 aromatic rings. The molecular formula is C41H26N2S. The Morgan fingerprint density at radius 2 is 1.00 bits per heavy atom. The van der Waals surface area contributed by atoms with Crippen LogP contribution < -0.4 is 0 Å². The highest BCUT2D eigenvalue weighted by atomic mass is 32.1. The molecule has 0 fully saturated rings. The molecule has 6 aromatic carbocycles. The molecule has 44 heavy (non-hydrogen) atoms. The lowest BCUT2D eigenvalue weighted by molar-refractivity contribution is 1.09. The summed E-state index contributed by atoms with van der Waals surface area (Å²) in [4.78, 5) is 5.43. The van der Waals surface area contributed by atoms with Crippen LogP contribution in [0.1, 0.15) is 0 Å². The van der Waals surface area contributed by atoms with Gasteiger partial charge in [0.25, 0.3) is 0 Å². The molecule has 3 aromatic heterocycles. The highest BCUT2D eigenvalue weighted by Gasteiger charge is 2.17. The summed E-state index contributed by atoms with van der Waals surface area (Å²) in [5.41, 5.74) is 9.19. The molecular weight excluding hydrogens is 553 g/mol. The number of thiophene rings is 1. The number of para-hydroxylation sites is 2. The van der Waals surface area contributed by atoms with E-state index in [2.05, 4.69) is 162 Å². The second-order valence-electron chi connectivity index (χ2n) is 11.2. The zero-order chi connectivity index (χ0) is 29.0. The maximum absolute atomic E-state index is 5.43. The third kappa shape index (κ3) is 3.98. The maximum Gasteiger partial charge on any atom is 0.138 e. The number of benzene rings is 6. The van der Waals surface area contributed by atoms with E-state index in [1.54, 1.807) is 0 Å². The van der Waals surface area contributed by atoms with Crippen LogP contribution in [0.5, 0.6) is 0 Å². The Labute approximate surface area is 259 Å². The zero-order valence-corrected chi connectivity index (χ0v) is 24.6. The van der Waals surface area contributed by atoms with Crippen LogP contribution in [0, 0.1) is 0 Å². The van der Waals surface area contributed by atoms with Gasteiger partial charge in [-0.05, 0) is 52.6 Å². The van der Waals surface area contributed by atoms with E-state index < -0.39 is 0 Å². The topological polar surface area (TPSA) is 17.8 Å². The lowest BCUT2D eigenvalue weighted by atomic mass is 9.99. The molecule has 0 aliphatic carbocycles. The Hall–Kier alpha value is -5.51. The van der Waals surface area contributed by atoms with Crippen molar-refractivity contribution in [1.82, 2.24) is 9.55 Å². The molecule has 0 N–H and O–H groups in total. The van der Waals surface area contributed by atoms with E-state index >= 15 is 0 Å². The number of pyridine rings is 1. The predicted molar refractivity (Wildman–Crippen MR) is 188 cm³/mol. The van der Waals surface area contributed by atoms with E-state index in [-0.39, 0.29) is 0 Å². The van der Waals surface area contributed by atoms with Gasteiger partial charge in [0.1, 0.15) is 5.82 Å². The summed E-state index contributed by atoms with van der Waals surface area (Å²) in [5.74, 6) is 0.917. The molecule has 0 saturated carbocycles. The molecule has 9 rings (SSSR count). The van der Waals surface area contributed by atoms with Gasteiger partial charge >= 0.3 is 0 Å². The number of hydrogen-bond acceptors (Lipinski definition) is 2. The van der Waals surface area contributed by atoms with Crippen molar-refractivity contribution in [2.45, 2.75) is 0 Å². The molecule has 3 heteroatoms. The van der Waals surface area contributed by atoms with Gasteiger partial charge in [0.15, 0.2) is 0 Å². The van der Waals surface area contributed by atoms with Gasteiger partial charge < -0.3 is 0 Å². The summed E-state index contributed by atoms with van der Waals surface area (Å²) in [6.07, 6.45) is 0. The quantitative estimate of drug-likeness (QED) is 0.203. The van der Waals surface area contributed by atoms with Crippen molar-refractivity contribution >= 4 is 53.3 Å². The van der Waals surface area contributed by atoms with Crippen LogP contribution in [0.3, 0.4) is 0 Å². The summed E-state index contributed by atoms with van der Waals surface area (Å²) in [6, 6.07) is 56.5. The molecule has 0 amide bonds. The van der Waals surface area contributed by atoms with Crippen molar-refractivity contribution in [2.75, 3.05) is 0 Å². The SMILES string of the molecule is c1ccc(-c2ccc(-c3cc(-c4cccc5c4sc4ccccc45)nc(-n4c5ccccc5c5ccccc54)c3)cc2)cc1. The van der Waals surface area contributed by atoms with Crippen molar-refractivity contribution in [3.63, 3.8) is 0 Å². The van der Waals surface area contributed by atoms with Gasteiger partial charge in [0.05, 0.1) is 16.7 Å². The average Bonchev–Trinajstić information content (AvgIpc) is 3.65. The Balaban J connectivity index is 1.31. The van der Waals surface area contributed by atoms with E-state index in [4.69, 9.17) is 4.98 Å². The van der Waals surface area contributed by atoms with E-state index in [0.29, 0.717) is 0 Å². The molecule has 0 atom stereocenters. The first-order chi connectivity index (χ1) is 21.8. The number of aromatic nitrogens is 2. The van der Waals surface area contributed by atoms with Crippen molar-refractivity contribution < 1.29 is 0 Å². The van der Waals surface area contributed by atoms with Crippen LogP contribution >= 0.6 is 11.3 Å². The largest absolute Gasteiger partial charge is 0.294 e. The van der Waals surface area contributed by atoms with Crippen molar-refractivity contribution in [2.24, 2.45) is 0 Å². The monoisotopic (exact) mass is 578 g/mol. The summed E-state index contributed by atoms with van der Waals surface area (Å²) in [5, 5.41) is 5.04. The van der Waals surface area contributed by atoms with Crippen molar-refractivity contribution in [3.8, 4) is 39.3 Å². The van der Waals surface area contributed by atoms with Crippen LogP contribution in [0.4, 0.5) is 0 Å². The van der Waals surface area contributed by atoms with Gasteiger partial charge in [-0.2, -0.15) is 0 Å². The molecule has 3 heterocycles. The molecule has 206 valence electrons. The van der Waals surface area contributed by atoms with Crippen molar-refractivity contribution in [3.05, 3.63) is 158 Å².